The van der Waals surface area contributed by atoms with Gasteiger partial charge in [0.2, 0.25) is 0 Å². The molecule has 0 aliphatic carbocycles. The lowest BCUT2D eigenvalue weighted by Crippen LogP contribution is -2.44. The Labute approximate surface area is 90.3 Å². The van der Waals surface area contributed by atoms with Crippen LogP contribution in [0.3, 0.4) is 0 Å². The lowest BCUT2D eigenvalue weighted by molar-refractivity contribution is 0.112. The summed E-state index contributed by atoms with van der Waals surface area (Å²) in [4.78, 5) is 15.4. The normalized spacial score (nSPS) is 17.8. The lowest BCUT2D eigenvalue weighted by atomic mass is 10.1. The predicted molar refractivity (Wildman–Crippen MR) is 60.4 cm³/mol. The summed E-state index contributed by atoms with van der Waals surface area (Å²) in [7, 11) is 2.12. The van der Waals surface area contributed by atoms with Crippen LogP contribution in [-0.2, 0) is 0 Å². The summed E-state index contributed by atoms with van der Waals surface area (Å²) in [5, 5.41) is 0. The Hall–Kier alpha value is -1.35. The zero-order chi connectivity index (χ0) is 10.7. The number of hydrogen-bond acceptors (Lipinski definition) is 3. The molecule has 1 aromatic rings. The summed E-state index contributed by atoms with van der Waals surface area (Å²) < 4.78 is 0. The molecule has 0 amide bonds. The monoisotopic (exact) mass is 203 g/mol. The van der Waals surface area contributed by atoms with Gasteiger partial charge in [0.05, 0.1) is 0 Å². The summed E-state index contributed by atoms with van der Waals surface area (Å²) >= 11 is 0. The number of anilines is 1. The number of nitrogens with zero attached hydrogens (tertiary/aromatic N) is 2. The molecule has 1 aromatic carbocycles. The van der Waals surface area contributed by atoms with Crippen LogP contribution in [0.25, 0.3) is 0 Å². The molecule has 79 valence electrons. The van der Waals surface area contributed by atoms with Crippen LogP contribution >= 0.6 is 0 Å². The first-order chi connectivity index (χ1) is 7.31. The van der Waals surface area contributed by atoms with Crippen LogP contribution in [0.1, 0.15) is 10.4 Å². The molecule has 0 aromatic heterocycles. The Morgan fingerprint density at radius 2 is 2.07 bits per heavy atom. The van der Waals surface area contributed by atoms with Crippen LogP contribution in [-0.4, -0.2) is 44.4 Å². The highest BCUT2D eigenvalue weighted by Crippen LogP contribution is 2.19. The van der Waals surface area contributed by atoms with Gasteiger partial charge in [-0.2, -0.15) is 0 Å². The van der Waals surface area contributed by atoms with Crippen LogP contribution < -0.4 is 4.90 Å². The van der Waals surface area contributed by atoms with Gasteiger partial charge in [0, 0.05) is 37.4 Å². The fraction of sp³-hybridized carbons (Fsp3) is 0.417. The zero-order valence-corrected chi connectivity index (χ0v) is 8.94. The summed E-state index contributed by atoms with van der Waals surface area (Å²) in [6.07, 6.45) is 0.918. The van der Waals surface area contributed by atoms with Crippen molar-refractivity contribution in [3.05, 3.63) is 29.8 Å². The van der Waals surface area contributed by atoms with Crippen molar-refractivity contribution in [2.45, 2.75) is 0 Å². The predicted octanol–water partition coefficient (Wildman–Crippen LogP) is 1.05. The van der Waals surface area contributed by atoms with Crippen molar-refractivity contribution in [1.82, 2.24) is 4.90 Å². The van der Waals surface area contributed by atoms with Crippen LogP contribution in [0.15, 0.2) is 18.2 Å². The molecule has 0 saturated carbocycles. The molecule has 0 bridgehead atoms. The summed E-state index contributed by atoms with van der Waals surface area (Å²) in [6.45, 7) is 4.06. The third-order valence-electron chi connectivity index (χ3n) is 2.85. The van der Waals surface area contributed by atoms with E-state index in [0.29, 0.717) is 0 Å². The summed E-state index contributed by atoms with van der Waals surface area (Å²) in [5.41, 5.74) is 1.78. The highest BCUT2D eigenvalue weighted by Gasteiger charge is 2.16. The SMILES string of the molecule is CN1CCN(c2c[c]ccc2C=O)CC1. The molecule has 1 heterocycles. The second kappa shape index (κ2) is 4.45. The second-order valence-electron chi connectivity index (χ2n) is 3.89. The average Bonchev–Trinajstić information content (AvgIpc) is 2.30. The molecule has 2 rings (SSSR count). The minimum atomic E-state index is 0.762. The van der Waals surface area contributed by atoms with E-state index < -0.39 is 0 Å². The number of carbonyl (C=O) groups is 1. The van der Waals surface area contributed by atoms with Gasteiger partial charge in [0.25, 0.3) is 0 Å². The van der Waals surface area contributed by atoms with Crippen molar-refractivity contribution in [2.75, 3.05) is 38.1 Å². The van der Waals surface area contributed by atoms with E-state index in [1.165, 1.54) is 0 Å². The standard InChI is InChI=1S/C12H15N2O/c1-13-6-8-14(9-7-13)12-5-3-2-4-11(12)10-15/h2,4-5,10H,6-9H2,1H3. The van der Waals surface area contributed by atoms with Gasteiger partial charge < -0.3 is 9.80 Å². The number of benzene rings is 1. The average molecular weight is 203 g/mol. The Morgan fingerprint density at radius 3 is 2.73 bits per heavy atom. The number of piperazine rings is 1. The van der Waals surface area contributed by atoms with E-state index in [-0.39, 0.29) is 0 Å². The van der Waals surface area contributed by atoms with Gasteiger partial charge in [-0.25, -0.2) is 0 Å². The molecule has 1 fully saturated rings. The van der Waals surface area contributed by atoms with Crippen molar-refractivity contribution in [2.24, 2.45) is 0 Å². The van der Waals surface area contributed by atoms with Gasteiger partial charge in [0.15, 0.2) is 6.29 Å². The van der Waals surface area contributed by atoms with E-state index in [1.54, 1.807) is 6.07 Å². The van der Waals surface area contributed by atoms with Gasteiger partial charge in [-0.1, -0.05) is 6.07 Å². The van der Waals surface area contributed by atoms with E-state index in [9.17, 15) is 4.79 Å². The molecule has 0 atom stereocenters. The Morgan fingerprint density at radius 1 is 1.33 bits per heavy atom. The maximum atomic E-state index is 10.9. The third-order valence-corrected chi connectivity index (χ3v) is 2.85. The third kappa shape index (κ3) is 2.18. The topological polar surface area (TPSA) is 23.6 Å². The molecule has 1 aliphatic heterocycles. The smallest absolute Gasteiger partial charge is 0.152 e. The second-order valence-corrected chi connectivity index (χ2v) is 3.89. The molecule has 3 heteroatoms. The highest BCUT2D eigenvalue weighted by atomic mass is 16.1. The van der Waals surface area contributed by atoms with E-state index in [4.69, 9.17) is 0 Å². The minimum absolute atomic E-state index is 0.762. The maximum absolute atomic E-state index is 10.9. The highest BCUT2D eigenvalue weighted by molar-refractivity contribution is 5.84. The molecule has 0 spiro atoms. The number of rotatable bonds is 2. The fourth-order valence-corrected chi connectivity index (χ4v) is 1.85. The van der Waals surface area contributed by atoms with E-state index in [1.807, 2.05) is 12.1 Å². The number of carbonyl (C=O) groups excluding carboxylic acids is 1. The van der Waals surface area contributed by atoms with Gasteiger partial charge in [-0.15, -0.1) is 0 Å². The van der Waals surface area contributed by atoms with E-state index in [2.05, 4.69) is 22.9 Å². The van der Waals surface area contributed by atoms with Crippen molar-refractivity contribution in [1.29, 1.82) is 0 Å². The van der Waals surface area contributed by atoms with Gasteiger partial charge in [-0.3, -0.25) is 4.79 Å². The van der Waals surface area contributed by atoms with Crippen LogP contribution in [0.4, 0.5) is 5.69 Å². The summed E-state index contributed by atoms with van der Waals surface area (Å²) in [5.74, 6) is 0. The van der Waals surface area contributed by atoms with Crippen LogP contribution in [0, 0.1) is 6.07 Å². The number of hydrogen-bond donors (Lipinski definition) is 0. The maximum Gasteiger partial charge on any atom is 0.152 e. The minimum Gasteiger partial charge on any atom is -0.368 e. The summed E-state index contributed by atoms with van der Waals surface area (Å²) in [6, 6.07) is 8.53. The molecule has 1 saturated heterocycles. The molecular formula is C12H15N2O. The van der Waals surface area contributed by atoms with Gasteiger partial charge in [0.1, 0.15) is 0 Å². The largest absolute Gasteiger partial charge is 0.368 e. The van der Waals surface area contributed by atoms with Crippen molar-refractivity contribution >= 4 is 12.0 Å². The van der Waals surface area contributed by atoms with Gasteiger partial charge in [-0.05, 0) is 25.2 Å². The van der Waals surface area contributed by atoms with Crippen molar-refractivity contribution in [3.63, 3.8) is 0 Å². The quantitative estimate of drug-likeness (QED) is 0.671. The van der Waals surface area contributed by atoms with E-state index in [0.717, 1.165) is 43.7 Å². The molecule has 15 heavy (non-hydrogen) atoms. The van der Waals surface area contributed by atoms with Crippen molar-refractivity contribution < 1.29 is 4.79 Å². The van der Waals surface area contributed by atoms with Crippen LogP contribution in [0.2, 0.25) is 0 Å². The van der Waals surface area contributed by atoms with Crippen molar-refractivity contribution in [3.8, 4) is 0 Å². The fourth-order valence-electron chi connectivity index (χ4n) is 1.85. The molecule has 0 unspecified atom stereocenters. The molecule has 0 N–H and O–H groups in total. The van der Waals surface area contributed by atoms with Crippen LogP contribution in [0.5, 0.6) is 0 Å². The molecular weight excluding hydrogens is 188 g/mol. The molecule has 3 nitrogen and oxygen atoms in total. The first-order valence-electron chi connectivity index (χ1n) is 5.20. The Bertz CT molecular complexity index is 343. The molecule has 1 aliphatic rings. The number of aldehydes is 1. The Balaban J connectivity index is 2.18. The first-order valence-corrected chi connectivity index (χ1v) is 5.20. The zero-order valence-electron chi connectivity index (χ0n) is 8.94. The lowest BCUT2D eigenvalue weighted by Gasteiger charge is -2.34. The number of likely N-dealkylation sites (N-methyl/N-ethyl adjacent to an activating group) is 1. The first kappa shape index (κ1) is 10.2. The van der Waals surface area contributed by atoms with E-state index >= 15 is 0 Å². The van der Waals surface area contributed by atoms with Gasteiger partial charge >= 0.3 is 0 Å². The Kier molecular flexibility index (Phi) is 3.02. The molecule has 1 radical (unpaired) electrons.